The molecule has 17 heavy (non-hydrogen) atoms. The van der Waals surface area contributed by atoms with Crippen molar-refractivity contribution in [3.8, 4) is 0 Å². The van der Waals surface area contributed by atoms with Crippen molar-refractivity contribution in [2.24, 2.45) is 0 Å². The zero-order valence-corrected chi connectivity index (χ0v) is 15.7. The Kier molecular flexibility index (Phi) is 19.5. The first-order valence-electron chi connectivity index (χ1n) is 5.47. The molecule has 0 aliphatic rings. The van der Waals surface area contributed by atoms with E-state index in [2.05, 4.69) is 33.8 Å². The van der Waals surface area contributed by atoms with Gasteiger partial charge in [-0.25, -0.2) is 0 Å². The van der Waals surface area contributed by atoms with Crippen molar-refractivity contribution in [2.75, 3.05) is 0 Å². The molecule has 0 fully saturated rings. The fraction of sp³-hybridized carbons (Fsp3) is 0.615. The number of carbonyl (C=O) groups excluding carboxylic acids is 1. The maximum absolute atomic E-state index is 9.97. The second-order valence-corrected chi connectivity index (χ2v) is 6.02. The Morgan fingerprint density at radius 2 is 2.00 bits per heavy atom. The van der Waals surface area contributed by atoms with Crippen LogP contribution in [0.1, 0.15) is 47.0 Å². The first-order valence-corrected chi connectivity index (χ1v) is 6.69. The Hall–Kier alpha value is 0.538. The first-order chi connectivity index (χ1) is 7.52. The summed E-state index contributed by atoms with van der Waals surface area (Å²) >= 11 is 6.88. The van der Waals surface area contributed by atoms with Crippen molar-refractivity contribution < 1.29 is 25.9 Å². The number of thioether (sulfide) groups is 1. The Morgan fingerprint density at radius 1 is 1.47 bits per heavy atom. The van der Waals surface area contributed by atoms with Gasteiger partial charge in [-0.15, -0.1) is 18.2 Å². The first kappa shape index (κ1) is 22.7. The summed E-state index contributed by atoms with van der Waals surface area (Å²) in [6.45, 7) is 11.3. The standard InChI is InChI=1S/C11H17OS2.C2H5.W/c1-4-10(13)14-11(2,3)8-6-5-7-9-12;1-2;/h6,8H,4-5,7H2,1-3H3;1H2,2H3;/q2*-1;+2. The molecule has 0 aromatic rings. The molecule has 0 amide bonds. The summed E-state index contributed by atoms with van der Waals surface area (Å²) < 4.78 is 1.07. The molecule has 0 heterocycles. The molecule has 1 nitrogen and oxygen atoms in total. The van der Waals surface area contributed by atoms with Gasteiger partial charge >= 0.3 is 21.1 Å². The van der Waals surface area contributed by atoms with E-state index < -0.39 is 0 Å². The predicted molar refractivity (Wildman–Crippen MR) is 79.7 cm³/mol. The van der Waals surface area contributed by atoms with E-state index in [-0.39, 0.29) is 25.8 Å². The van der Waals surface area contributed by atoms with Crippen molar-refractivity contribution in [1.82, 2.24) is 0 Å². The minimum Gasteiger partial charge on any atom is -0.542 e. The van der Waals surface area contributed by atoms with Crippen LogP contribution in [0.3, 0.4) is 0 Å². The molecular weight excluding hydrogens is 420 g/mol. The maximum Gasteiger partial charge on any atom is 2.00 e. The third-order valence-corrected chi connectivity index (χ3v) is 3.32. The van der Waals surface area contributed by atoms with Crippen LogP contribution in [0.5, 0.6) is 0 Å². The predicted octanol–water partition coefficient (Wildman–Crippen LogP) is 4.52. The minimum absolute atomic E-state index is 0. The fourth-order valence-corrected chi connectivity index (χ4v) is 2.45. The van der Waals surface area contributed by atoms with Gasteiger partial charge in [-0.1, -0.05) is 37.7 Å². The Balaban J connectivity index is -0.000000616. The van der Waals surface area contributed by atoms with Crippen LogP contribution >= 0.6 is 24.0 Å². The molecule has 0 saturated heterocycles. The largest absolute Gasteiger partial charge is 2.00 e. The van der Waals surface area contributed by atoms with E-state index in [0.29, 0.717) is 6.42 Å². The van der Waals surface area contributed by atoms with Crippen LogP contribution in [0.25, 0.3) is 0 Å². The van der Waals surface area contributed by atoms with Gasteiger partial charge in [-0.3, -0.25) is 6.29 Å². The fourth-order valence-electron chi connectivity index (χ4n) is 0.909. The van der Waals surface area contributed by atoms with Crippen molar-refractivity contribution in [1.29, 1.82) is 0 Å². The van der Waals surface area contributed by atoms with Gasteiger partial charge in [0.2, 0.25) is 0 Å². The Morgan fingerprint density at radius 3 is 2.41 bits per heavy atom. The molecule has 0 aliphatic carbocycles. The number of rotatable bonds is 6. The van der Waals surface area contributed by atoms with Gasteiger partial charge in [0.25, 0.3) is 0 Å². The average Bonchev–Trinajstić information content (AvgIpc) is 2.26. The average molecular weight is 442 g/mol. The normalized spacial score (nSPS) is 10.2. The smallest absolute Gasteiger partial charge is 0.542 e. The third kappa shape index (κ3) is 16.5. The molecule has 0 aliphatic heterocycles. The third-order valence-electron chi connectivity index (χ3n) is 1.60. The van der Waals surface area contributed by atoms with Crippen LogP contribution in [-0.2, 0) is 25.9 Å². The van der Waals surface area contributed by atoms with Gasteiger partial charge in [0.05, 0.1) is 0 Å². The van der Waals surface area contributed by atoms with Crippen LogP contribution in [0.15, 0.2) is 12.2 Å². The summed E-state index contributed by atoms with van der Waals surface area (Å²) in [6.07, 6.45) is 8.19. The van der Waals surface area contributed by atoms with Crippen LogP contribution in [0.4, 0.5) is 0 Å². The minimum atomic E-state index is 0. The van der Waals surface area contributed by atoms with E-state index in [9.17, 15) is 4.79 Å². The van der Waals surface area contributed by atoms with E-state index in [1.165, 1.54) is 0 Å². The number of allylic oxidation sites excluding steroid dienone is 1. The molecule has 4 heteroatoms. The van der Waals surface area contributed by atoms with E-state index in [1.807, 2.05) is 12.4 Å². The van der Waals surface area contributed by atoms with Gasteiger partial charge < -0.3 is 11.7 Å². The summed E-state index contributed by atoms with van der Waals surface area (Å²) in [7, 11) is 0. The summed E-state index contributed by atoms with van der Waals surface area (Å²) in [5.41, 5.74) is 0. The van der Waals surface area contributed by atoms with Gasteiger partial charge in [-0.05, 0) is 20.3 Å². The maximum atomic E-state index is 9.97. The number of hydrogen-bond donors (Lipinski definition) is 0. The summed E-state index contributed by atoms with van der Waals surface area (Å²) in [5.74, 6) is 0. The molecular formula is C13H22OS2W. The van der Waals surface area contributed by atoms with Crippen LogP contribution in [-0.4, -0.2) is 15.2 Å². The number of unbranched alkanes of at least 4 members (excludes halogenated alkanes) is 1. The SMILES string of the molecule is CCC(=S)SC(C)(C)C=CCC[C-]=O.[CH2-]C.[W+2]. The van der Waals surface area contributed by atoms with E-state index in [1.54, 1.807) is 18.7 Å². The molecule has 0 atom stereocenters. The molecule has 0 radical (unpaired) electrons. The zero-order valence-electron chi connectivity index (χ0n) is 11.1. The van der Waals surface area contributed by atoms with E-state index in [4.69, 9.17) is 12.2 Å². The van der Waals surface area contributed by atoms with Crippen molar-refractivity contribution in [2.45, 2.75) is 51.7 Å². The van der Waals surface area contributed by atoms with Crippen LogP contribution in [0.2, 0.25) is 0 Å². The van der Waals surface area contributed by atoms with Crippen LogP contribution < -0.4 is 0 Å². The van der Waals surface area contributed by atoms with Crippen LogP contribution in [0, 0.1) is 6.92 Å². The second kappa shape index (κ2) is 14.6. The van der Waals surface area contributed by atoms with E-state index in [0.717, 1.165) is 17.0 Å². The van der Waals surface area contributed by atoms with Gasteiger partial charge in [0, 0.05) is 8.94 Å². The molecule has 98 valence electrons. The molecule has 0 aromatic heterocycles. The monoisotopic (exact) mass is 442 g/mol. The summed E-state index contributed by atoms with van der Waals surface area (Å²) in [4.78, 5) is 9.97. The van der Waals surface area contributed by atoms with Gasteiger partial charge in [0.1, 0.15) is 0 Å². The molecule has 0 rings (SSSR count). The second-order valence-electron chi connectivity index (χ2n) is 3.52. The summed E-state index contributed by atoms with van der Waals surface area (Å²) in [5, 5.41) is 0. The zero-order chi connectivity index (χ0) is 13.0. The molecule has 0 spiro atoms. The molecule has 0 N–H and O–H groups in total. The number of hydrogen-bond acceptors (Lipinski definition) is 3. The Bertz CT molecular complexity index is 225. The molecule has 0 unspecified atom stereocenters. The quantitative estimate of drug-likeness (QED) is 0.261. The number of thiocarbonyl (C=S) groups is 1. The summed E-state index contributed by atoms with van der Waals surface area (Å²) in [6, 6.07) is 0. The molecule has 0 aromatic carbocycles. The van der Waals surface area contributed by atoms with Gasteiger partial charge in [-0.2, -0.15) is 6.92 Å². The molecule has 0 bridgehead atoms. The van der Waals surface area contributed by atoms with E-state index >= 15 is 0 Å². The van der Waals surface area contributed by atoms with Crippen molar-refractivity contribution >= 4 is 34.5 Å². The van der Waals surface area contributed by atoms with Crippen molar-refractivity contribution in [3.63, 3.8) is 0 Å². The van der Waals surface area contributed by atoms with Crippen molar-refractivity contribution in [3.05, 3.63) is 19.1 Å². The Labute approximate surface area is 130 Å². The molecule has 0 saturated carbocycles. The topological polar surface area (TPSA) is 17.1 Å². The van der Waals surface area contributed by atoms with Gasteiger partial charge in [0.15, 0.2) is 0 Å².